The van der Waals surface area contributed by atoms with E-state index < -0.39 is 6.10 Å². The number of halogens is 2. The van der Waals surface area contributed by atoms with E-state index in [2.05, 4.69) is 21.2 Å². The molecule has 0 aliphatic carbocycles. The topological polar surface area (TPSA) is 32.3 Å². The number of thiophene rings is 1. The van der Waals surface area contributed by atoms with E-state index in [1.165, 1.54) is 4.88 Å². The fourth-order valence-corrected chi connectivity index (χ4v) is 3.24. The molecule has 1 atom stereocenters. The number of aliphatic hydroxyl groups excluding tert-OH is 1. The predicted octanol–water partition coefficient (Wildman–Crippen LogP) is 3.99. The van der Waals surface area contributed by atoms with Crippen LogP contribution < -0.4 is 5.32 Å². The van der Waals surface area contributed by atoms with Crippen LogP contribution in [0.5, 0.6) is 0 Å². The van der Waals surface area contributed by atoms with Gasteiger partial charge >= 0.3 is 0 Å². The van der Waals surface area contributed by atoms with Crippen LogP contribution in [0.4, 0.5) is 0 Å². The lowest BCUT2D eigenvalue weighted by molar-refractivity contribution is 0.173. The van der Waals surface area contributed by atoms with Crippen LogP contribution in [-0.2, 0) is 6.54 Å². The van der Waals surface area contributed by atoms with Crippen molar-refractivity contribution in [3.63, 3.8) is 0 Å². The zero-order valence-electron chi connectivity index (χ0n) is 9.57. The Morgan fingerprint density at radius 3 is 2.72 bits per heavy atom. The molecule has 0 aliphatic heterocycles. The van der Waals surface area contributed by atoms with Crippen LogP contribution in [0, 0.1) is 0 Å². The monoisotopic (exact) mass is 345 g/mol. The van der Waals surface area contributed by atoms with Gasteiger partial charge in [0.2, 0.25) is 0 Å². The highest BCUT2D eigenvalue weighted by Gasteiger charge is 2.10. The number of nitrogens with one attached hydrogen (secondary N) is 1. The normalized spacial score (nSPS) is 12.6. The molecule has 0 fully saturated rings. The Bertz CT molecular complexity index is 517. The maximum atomic E-state index is 10.1. The van der Waals surface area contributed by atoms with Gasteiger partial charge in [-0.3, -0.25) is 0 Å². The summed E-state index contributed by atoms with van der Waals surface area (Å²) in [4.78, 5) is 1.17. The van der Waals surface area contributed by atoms with E-state index in [9.17, 15) is 5.11 Å². The van der Waals surface area contributed by atoms with Crippen molar-refractivity contribution in [3.05, 3.63) is 55.6 Å². The molecule has 1 aromatic heterocycles. The van der Waals surface area contributed by atoms with E-state index in [-0.39, 0.29) is 0 Å². The van der Waals surface area contributed by atoms with Crippen molar-refractivity contribution in [2.45, 2.75) is 12.6 Å². The first-order chi connectivity index (χ1) is 8.66. The summed E-state index contributed by atoms with van der Waals surface area (Å²) in [7, 11) is 0. The van der Waals surface area contributed by atoms with Gasteiger partial charge in [0.25, 0.3) is 0 Å². The fourth-order valence-electron chi connectivity index (χ4n) is 1.63. The van der Waals surface area contributed by atoms with Crippen molar-refractivity contribution in [2.24, 2.45) is 0 Å². The van der Waals surface area contributed by atoms with Gasteiger partial charge in [0.15, 0.2) is 0 Å². The molecule has 0 radical (unpaired) electrons. The minimum Gasteiger partial charge on any atom is -0.387 e. The van der Waals surface area contributed by atoms with Gasteiger partial charge in [0.05, 0.1) is 10.4 Å². The van der Waals surface area contributed by atoms with Crippen LogP contribution in [0.1, 0.15) is 16.5 Å². The van der Waals surface area contributed by atoms with E-state index in [0.29, 0.717) is 6.54 Å². The van der Waals surface area contributed by atoms with Crippen LogP contribution in [0.15, 0.2) is 40.9 Å². The zero-order valence-corrected chi connectivity index (χ0v) is 12.7. The van der Waals surface area contributed by atoms with E-state index in [1.807, 2.05) is 36.4 Å². The van der Waals surface area contributed by atoms with E-state index in [0.717, 1.165) is 20.9 Å². The number of rotatable bonds is 5. The number of hydrogen-bond donors (Lipinski definition) is 2. The Labute approximate surface area is 124 Å². The van der Waals surface area contributed by atoms with Crippen LogP contribution in [-0.4, -0.2) is 11.7 Å². The predicted molar refractivity (Wildman–Crippen MR) is 80.1 cm³/mol. The molecule has 1 aromatic carbocycles. The van der Waals surface area contributed by atoms with Crippen LogP contribution in [0.3, 0.4) is 0 Å². The molecule has 18 heavy (non-hydrogen) atoms. The van der Waals surface area contributed by atoms with Crippen molar-refractivity contribution in [1.82, 2.24) is 5.32 Å². The highest BCUT2D eigenvalue weighted by molar-refractivity contribution is 9.10. The lowest BCUT2D eigenvalue weighted by atomic mass is 10.1. The Balaban J connectivity index is 1.85. The third-order valence-electron chi connectivity index (χ3n) is 2.53. The van der Waals surface area contributed by atoms with Crippen LogP contribution >= 0.6 is 38.9 Å². The second-order valence-corrected chi connectivity index (χ2v) is 6.53. The fraction of sp³-hybridized carbons (Fsp3) is 0.231. The average molecular weight is 347 g/mol. The summed E-state index contributed by atoms with van der Waals surface area (Å²) in [6.07, 6.45) is -0.518. The molecule has 2 rings (SSSR count). The molecule has 96 valence electrons. The summed E-state index contributed by atoms with van der Waals surface area (Å²) in [5.74, 6) is 0. The Kier molecular flexibility index (Phi) is 5.21. The first-order valence-electron chi connectivity index (χ1n) is 5.54. The van der Waals surface area contributed by atoms with Gasteiger partial charge in [-0.15, -0.1) is 11.3 Å². The van der Waals surface area contributed by atoms with Crippen molar-refractivity contribution in [3.8, 4) is 0 Å². The lowest BCUT2D eigenvalue weighted by Gasteiger charge is -2.13. The molecular weight excluding hydrogens is 334 g/mol. The average Bonchev–Trinajstić information content (AvgIpc) is 2.75. The summed E-state index contributed by atoms with van der Waals surface area (Å²) in [6, 6.07) is 11.6. The largest absolute Gasteiger partial charge is 0.387 e. The second kappa shape index (κ2) is 6.68. The second-order valence-electron chi connectivity index (χ2n) is 3.87. The van der Waals surface area contributed by atoms with Gasteiger partial charge < -0.3 is 10.4 Å². The summed E-state index contributed by atoms with van der Waals surface area (Å²) in [5, 5.41) is 13.3. The zero-order chi connectivity index (χ0) is 13.0. The minimum absolute atomic E-state index is 0.512. The Hall–Kier alpha value is -0.390. The smallest absolute Gasteiger partial charge is 0.0931 e. The molecule has 2 N–H and O–H groups in total. The van der Waals surface area contributed by atoms with Crippen molar-refractivity contribution >= 4 is 38.9 Å². The SMILES string of the molecule is OC(CNCc1ccc(Cl)s1)c1ccccc1Br. The first kappa shape index (κ1) is 14.0. The molecule has 0 amide bonds. The van der Waals surface area contributed by atoms with Gasteiger partial charge in [0, 0.05) is 22.4 Å². The number of benzene rings is 1. The number of aliphatic hydroxyl groups is 1. The molecule has 0 saturated carbocycles. The van der Waals surface area contributed by atoms with Gasteiger partial charge in [-0.2, -0.15) is 0 Å². The summed E-state index contributed by atoms with van der Waals surface area (Å²) in [6.45, 7) is 1.23. The van der Waals surface area contributed by atoms with Crippen LogP contribution in [0.25, 0.3) is 0 Å². The molecule has 2 nitrogen and oxygen atoms in total. The maximum Gasteiger partial charge on any atom is 0.0931 e. The van der Waals surface area contributed by atoms with Crippen molar-refractivity contribution < 1.29 is 5.11 Å². The van der Waals surface area contributed by atoms with E-state index in [1.54, 1.807) is 11.3 Å². The highest BCUT2D eigenvalue weighted by Crippen LogP contribution is 2.23. The Morgan fingerprint density at radius 2 is 2.06 bits per heavy atom. The molecule has 1 unspecified atom stereocenters. The molecule has 5 heteroatoms. The van der Waals surface area contributed by atoms with Crippen LogP contribution in [0.2, 0.25) is 4.34 Å². The standard InChI is InChI=1S/C13H13BrClNOS/c14-11-4-2-1-3-10(11)12(17)8-16-7-9-5-6-13(15)18-9/h1-6,12,16-17H,7-8H2. The number of hydrogen-bond acceptors (Lipinski definition) is 3. The lowest BCUT2D eigenvalue weighted by Crippen LogP contribution is -2.20. The van der Waals surface area contributed by atoms with Crippen molar-refractivity contribution in [1.29, 1.82) is 0 Å². The minimum atomic E-state index is -0.518. The van der Waals surface area contributed by atoms with Gasteiger partial charge in [-0.25, -0.2) is 0 Å². The van der Waals surface area contributed by atoms with E-state index in [4.69, 9.17) is 11.6 Å². The molecule has 1 heterocycles. The molecule has 2 aromatic rings. The molecule has 0 aliphatic rings. The summed E-state index contributed by atoms with van der Waals surface area (Å²) >= 11 is 10.8. The third-order valence-corrected chi connectivity index (χ3v) is 4.48. The summed E-state index contributed by atoms with van der Waals surface area (Å²) in [5.41, 5.74) is 0.897. The first-order valence-corrected chi connectivity index (χ1v) is 7.53. The van der Waals surface area contributed by atoms with Gasteiger partial charge in [0.1, 0.15) is 0 Å². The summed E-state index contributed by atoms with van der Waals surface area (Å²) < 4.78 is 1.72. The third kappa shape index (κ3) is 3.80. The molecule has 0 spiro atoms. The van der Waals surface area contributed by atoms with Gasteiger partial charge in [-0.1, -0.05) is 45.7 Å². The van der Waals surface area contributed by atoms with Gasteiger partial charge in [-0.05, 0) is 23.8 Å². The van der Waals surface area contributed by atoms with Crippen molar-refractivity contribution in [2.75, 3.05) is 6.54 Å². The molecule has 0 bridgehead atoms. The Morgan fingerprint density at radius 1 is 1.28 bits per heavy atom. The highest BCUT2D eigenvalue weighted by atomic mass is 79.9. The maximum absolute atomic E-state index is 10.1. The molecular formula is C13H13BrClNOS. The van der Waals surface area contributed by atoms with E-state index >= 15 is 0 Å². The quantitative estimate of drug-likeness (QED) is 0.858. The molecule has 0 saturated heterocycles.